The molecule has 0 radical (unpaired) electrons. The van der Waals surface area contributed by atoms with Gasteiger partial charge in [0, 0.05) is 50.5 Å². The van der Waals surface area contributed by atoms with E-state index in [1.165, 1.54) is 6.42 Å². The Morgan fingerprint density at radius 3 is 2.21 bits per heavy atom. The minimum Gasteiger partial charge on any atom is -0.341 e. The highest BCUT2D eigenvalue weighted by Crippen LogP contribution is 2.28. The number of piperazine rings is 1. The van der Waals surface area contributed by atoms with Crippen molar-refractivity contribution in [3.05, 3.63) is 54.6 Å². The Hall–Kier alpha value is -2.70. The van der Waals surface area contributed by atoms with Crippen molar-refractivity contribution in [1.82, 2.24) is 14.7 Å². The average Bonchev–Trinajstić information content (AvgIpc) is 2.84. The number of amides is 2. The Morgan fingerprint density at radius 2 is 1.53 bits per heavy atom. The summed E-state index contributed by atoms with van der Waals surface area (Å²) < 4.78 is 0. The number of likely N-dealkylation sites (tertiary alicyclic amines) is 1. The fraction of sp³-hybridized carbons (Fsp3) is 0.500. The second kappa shape index (κ2) is 11.2. The minimum atomic E-state index is -0.231. The Labute approximate surface area is 203 Å². The molecule has 0 saturated carbocycles. The standard InChI is InChI=1S/C28H38N4O2/c1-21-17-22(2)19-32(18-21)27(33)20-30-13-15-31(16-14-30)23(3)28(34)29-26-12-8-7-11-25(26)24-9-5-4-6-10-24/h4-12,21-23H,13-20H2,1-3H3,(H,29,34)/t21-,22+,23-/m0/s1. The van der Waals surface area contributed by atoms with Gasteiger partial charge in [-0.2, -0.15) is 0 Å². The van der Waals surface area contributed by atoms with Gasteiger partial charge in [0.2, 0.25) is 11.8 Å². The largest absolute Gasteiger partial charge is 0.341 e. The summed E-state index contributed by atoms with van der Waals surface area (Å²) in [5, 5.41) is 3.15. The monoisotopic (exact) mass is 462 g/mol. The summed E-state index contributed by atoms with van der Waals surface area (Å²) in [5.74, 6) is 1.41. The van der Waals surface area contributed by atoms with Gasteiger partial charge in [0.1, 0.15) is 0 Å². The summed E-state index contributed by atoms with van der Waals surface area (Å²) in [6.07, 6.45) is 1.21. The summed E-state index contributed by atoms with van der Waals surface area (Å²) >= 11 is 0. The smallest absolute Gasteiger partial charge is 0.241 e. The lowest BCUT2D eigenvalue weighted by atomic mass is 9.92. The van der Waals surface area contributed by atoms with Crippen molar-refractivity contribution in [2.24, 2.45) is 11.8 Å². The van der Waals surface area contributed by atoms with Crippen LogP contribution in [0.1, 0.15) is 27.2 Å². The van der Waals surface area contributed by atoms with Gasteiger partial charge in [-0.05, 0) is 36.8 Å². The van der Waals surface area contributed by atoms with E-state index in [-0.39, 0.29) is 17.9 Å². The molecule has 2 aromatic carbocycles. The van der Waals surface area contributed by atoms with Crippen molar-refractivity contribution < 1.29 is 9.59 Å². The molecule has 0 aliphatic carbocycles. The third-order valence-corrected chi connectivity index (χ3v) is 7.18. The molecule has 2 saturated heterocycles. The molecule has 2 aromatic rings. The molecule has 3 atom stereocenters. The van der Waals surface area contributed by atoms with E-state index in [1.807, 2.05) is 54.3 Å². The van der Waals surface area contributed by atoms with Crippen molar-refractivity contribution in [1.29, 1.82) is 0 Å². The molecule has 0 unspecified atom stereocenters. The molecular weight excluding hydrogens is 424 g/mol. The summed E-state index contributed by atoms with van der Waals surface area (Å²) in [6, 6.07) is 17.8. The van der Waals surface area contributed by atoms with E-state index in [0.717, 1.165) is 56.1 Å². The van der Waals surface area contributed by atoms with Crippen molar-refractivity contribution in [3.8, 4) is 11.1 Å². The topological polar surface area (TPSA) is 55.9 Å². The molecule has 2 fully saturated rings. The van der Waals surface area contributed by atoms with E-state index in [0.29, 0.717) is 18.4 Å². The Kier molecular flexibility index (Phi) is 8.01. The lowest BCUT2D eigenvalue weighted by Gasteiger charge is -2.39. The molecule has 2 aliphatic rings. The number of hydrogen-bond acceptors (Lipinski definition) is 4. The highest BCUT2D eigenvalue weighted by molar-refractivity contribution is 5.98. The summed E-state index contributed by atoms with van der Waals surface area (Å²) in [6.45, 7) is 11.9. The van der Waals surface area contributed by atoms with Gasteiger partial charge in [0.25, 0.3) is 0 Å². The molecule has 0 bridgehead atoms. The van der Waals surface area contributed by atoms with Crippen LogP contribution in [0.25, 0.3) is 11.1 Å². The van der Waals surface area contributed by atoms with Crippen LogP contribution in [0.3, 0.4) is 0 Å². The first-order valence-electron chi connectivity index (χ1n) is 12.6. The zero-order valence-electron chi connectivity index (χ0n) is 20.7. The number of carbonyl (C=O) groups excluding carboxylic acids is 2. The van der Waals surface area contributed by atoms with Crippen molar-refractivity contribution >= 4 is 17.5 Å². The maximum absolute atomic E-state index is 13.1. The maximum atomic E-state index is 13.1. The molecule has 182 valence electrons. The molecule has 34 heavy (non-hydrogen) atoms. The summed E-state index contributed by atoms with van der Waals surface area (Å²) in [5.41, 5.74) is 2.94. The fourth-order valence-electron chi connectivity index (χ4n) is 5.33. The molecule has 0 aromatic heterocycles. The zero-order chi connectivity index (χ0) is 24.1. The first-order chi connectivity index (χ1) is 16.4. The van der Waals surface area contributed by atoms with Gasteiger partial charge in [-0.15, -0.1) is 0 Å². The number of benzene rings is 2. The van der Waals surface area contributed by atoms with E-state index in [4.69, 9.17) is 0 Å². The Bertz CT molecular complexity index is 961. The highest BCUT2D eigenvalue weighted by atomic mass is 16.2. The maximum Gasteiger partial charge on any atom is 0.241 e. The number of hydrogen-bond donors (Lipinski definition) is 1. The number of piperidine rings is 1. The van der Waals surface area contributed by atoms with Crippen LogP contribution in [-0.2, 0) is 9.59 Å². The molecular formula is C28H38N4O2. The van der Waals surface area contributed by atoms with Crippen LogP contribution in [0.15, 0.2) is 54.6 Å². The van der Waals surface area contributed by atoms with Crippen LogP contribution >= 0.6 is 0 Å². The van der Waals surface area contributed by atoms with Gasteiger partial charge < -0.3 is 10.2 Å². The molecule has 2 heterocycles. The normalized spacial score (nSPS) is 22.9. The lowest BCUT2D eigenvalue weighted by molar-refractivity contribution is -0.136. The molecule has 2 aliphatic heterocycles. The Balaban J connectivity index is 1.29. The van der Waals surface area contributed by atoms with Crippen LogP contribution < -0.4 is 5.32 Å². The van der Waals surface area contributed by atoms with E-state index in [9.17, 15) is 9.59 Å². The summed E-state index contributed by atoms with van der Waals surface area (Å²) in [7, 11) is 0. The van der Waals surface area contributed by atoms with Crippen molar-refractivity contribution in [2.75, 3.05) is 51.1 Å². The average molecular weight is 463 g/mol. The molecule has 2 amide bonds. The third kappa shape index (κ3) is 6.05. The number of carbonyl (C=O) groups is 2. The molecule has 6 nitrogen and oxygen atoms in total. The Morgan fingerprint density at radius 1 is 0.912 bits per heavy atom. The number of para-hydroxylation sites is 1. The predicted octanol–water partition coefficient (Wildman–Crippen LogP) is 3.80. The zero-order valence-corrected chi connectivity index (χ0v) is 20.7. The predicted molar refractivity (Wildman–Crippen MR) is 138 cm³/mol. The number of anilines is 1. The van der Waals surface area contributed by atoms with Crippen LogP contribution in [-0.4, -0.2) is 78.4 Å². The first kappa shape index (κ1) is 24.4. The van der Waals surface area contributed by atoms with Crippen molar-refractivity contribution in [3.63, 3.8) is 0 Å². The molecule has 4 rings (SSSR count). The van der Waals surface area contributed by atoms with Crippen LogP contribution in [0.5, 0.6) is 0 Å². The van der Waals surface area contributed by atoms with Gasteiger partial charge in [0.15, 0.2) is 0 Å². The van der Waals surface area contributed by atoms with E-state index < -0.39 is 0 Å². The van der Waals surface area contributed by atoms with E-state index in [2.05, 4.69) is 41.1 Å². The molecule has 0 spiro atoms. The second-order valence-corrected chi connectivity index (χ2v) is 10.1. The molecule has 6 heteroatoms. The van der Waals surface area contributed by atoms with E-state index in [1.54, 1.807) is 0 Å². The lowest BCUT2D eigenvalue weighted by Crippen LogP contribution is -2.55. The number of nitrogens with one attached hydrogen (secondary N) is 1. The fourth-order valence-corrected chi connectivity index (χ4v) is 5.33. The van der Waals surface area contributed by atoms with Crippen LogP contribution in [0, 0.1) is 11.8 Å². The van der Waals surface area contributed by atoms with Gasteiger partial charge in [-0.3, -0.25) is 19.4 Å². The van der Waals surface area contributed by atoms with Gasteiger partial charge >= 0.3 is 0 Å². The van der Waals surface area contributed by atoms with E-state index >= 15 is 0 Å². The third-order valence-electron chi connectivity index (χ3n) is 7.18. The first-order valence-corrected chi connectivity index (χ1v) is 12.6. The second-order valence-electron chi connectivity index (χ2n) is 10.1. The summed E-state index contributed by atoms with van der Waals surface area (Å²) in [4.78, 5) is 32.4. The number of nitrogens with zero attached hydrogens (tertiary/aromatic N) is 3. The minimum absolute atomic E-state index is 0.00389. The highest BCUT2D eigenvalue weighted by Gasteiger charge is 2.29. The quantitative estimate of drug-likeness (QED) is 0.710. The van der Waals surface area contributed by atoms with Crippen LogP contribution in [0.4, 0.5) is 5.69 Å². The van der Waals surface area contributed by atoms with Crippen molar-refractivity contribution in [2.45, 2.75) is 33.2 Å². The van der Waals surface area contributed by atoms with Gasteiger partial charge in [0.05, 0.1) is 12.6 Å². The number of rotatable bonds is 6. The van der Waals surface area contributed by atoms with Crippen LogP contribution in [0.2, 0.25) is 0 Å². The molecule has 1 N–H and O–H groups in total. The van der Waals surface area contributed by atoms with Gasteiger partial charge in [-0.25, -0.2) is 0 Å². The SMILES string of the molecule is C[C@@H]1C[C@H](C)CN(C(=O)CN2CCN([C@@H](C)C(=O)Nc3ccccc3-c3ccccc3)CC2)C1. The van der Waals surface area contributed by atoms with Gasteiger partial charge in [-0.1, -0.05) is 62.4 Å².